The molecule has 7 heteroatoms. The average molecular weight is 442 g/mol. The van der Waals surface area contributed by atoms with Gasteiger partial charge >= 0.3 is 5.97 Å². The second-order valence-electron chi connectivity index (χ2n) is 7.19. The van der Waals surface area contributed by atoms with E-state index in [2.05, 4.69) is 0 Å². The normalized spacial score (nSPS) is 20.6. The summed E-state index contributed by atoms with van der Waals surface area (Å²) < 4.78 is 5.95. The van der Waals surface area contributed by atoms with Gasteiger partial charge in [-0.05, 0) is 23.6 Å². The number of esters is 1. The summed E-state index contributed by atoms with van der Waals surface area (Å²) in [6, 6.07) is 18.9. The molecule has 30 heavy (non-hydrogen) atoms. The summed E-state index contributed by atoms with van der Waals surface area (Å²) in [5.41, 5.74) is 2.46. The van der Waals surface area contributed by atoms with E-state index >= 15 is 0 Å². The summed E-state index contributed by atoms with van der Waals surface area (Å²) in [5, 5.41) is -0.378. The van der Waals surface area contributed by atoms with E-state index in [0.717, 1.165) is 11.1 Å². The lowest BCUT2D eigenvalue weighted by Crippen LogP contribution is -2.63. The fourth-order valence-electron chi connectivity index (χ4n) is 3.76. The number of thioether (sulfide) groups is 1. The smallest absolute Gasteiger partial charge is 0.356 e. The van der Waals surface area contributed by atoms with E-state index < -0.39 is 18.0 Å². The van der Waals surface area contributed by atoms with E-state index in [1.807, 2.05) is 60.7 Å². The third-order valence-electron chi connectivity index (χ3n) is 5.27. The Kier molecular flexibility index (Phi) is 5.97. The highest BCUT2D eigenvalue weighted by Gasteiger charge is 2.55. The number of β-lactam (4-membered cyclic amide) rings is 1. The molecule has 4 rings (SSSR count). The topological polar surface area (TPSA) is 63.7 Å². The van der Waals surface area contributed by atoms with E-state index in [0.29, 0.717) is 11.3 Å². The van der Waals surface area contributed by atoms with Crippen molar-refractivity contribution in [1.82, 2.24) is 4.90 Å². The molecule has 0 bridgehead atoms. The van der Waals surface area contributed by atoms with Crippen LogP contribution in [-0.2, 0) is 19.1 Å². The standard InChI is InChI=1S/C23H20ClNO4S/c1-14(26)18-21(27)25-19(17(12-24)13-30-22(18)25)23(28)29-20(15-8-4-2-5-9-15)16-10-6-3-7-11-16/h2-11,18,20,22H,12-13H2,1H3. The van der Waals surface area contributed by atoms with Crippen molar-refractivity contribution in [3.63, 3.8) is 0 Å². The Morgan fingerprint density at radius 1 is 1.10 bits per heavy atom. The van der Waals surface area contributed by atoms with Gasteiger partial charge in [-0.1, -0.05) is 60.7 Å². The number of ketones is 1. The molecule has 2 aliphatic heterocycles. The predicted octanol–water partition coefficient (Wildman–Crippen LogP) is 3.93. The van der Waals surface area contributed by atoms with Crippen LogP contribution in [-0.4, -0.2) is 39.6 Å². The molecule has 1 amide bonds. The zero-order valence-corrected chi connectivity index (χ0v) is 17.9. The minimum atomic E-state index is -0.714. The average Bonchev–Trinajstić information content (AvgIpc) is 2.77. The SMILES string of the molecule is CC(=O)C1C(=O)N2C(C(=O)OC(c3ccccc3)c3ccccc3)=C(CCl)CSC12. The van der Waals surface area contributed by atoms with Crippen molar-refractivity contribution in [3.8, 4) is 0 Å². The van der Waals surface area contributed by atoms with Crippen molar-refractivity contribution in [2.75, 3.05) is 11.6 Å². The fraction of sp³-hybridized carbons (Fsp3) is 0.261. The largest absolute Gasteiger partial charge is 0.448 e. The number of hydrogen-bond acceptors (Lipinski definition) is 5. The number of nitrogens with zero attached hydrogens (tertiary/aromatic N) is 1. The Balaban J connectivity index is 1.67. The molecule has 0 N–H and O–H groups in total. The van der Waals surface area contributed by atoms with Crippen molar-refractivity contribution in [2.24, 2.45) is 5.92 Å². The highest BCUT2D eigenvalue weighted by atomic mass is 35.5. The number of halogens is 1. The molecule has 2 aromatic carbocycles. The van der Waals surface area contributed by atoms with E-state index in [1.165, 1.54) is 23.6 Å². The summed E-state index contributed by atoms with van der Waals surface area (Å²) in [6.45, 7) is 1.40. The van der Waals surface area contributed by atoms with Gasteiger partial charge in [-0.3, -0.25) is 14.5 Å². The summed E-state index contributed by atoms with van der Waals surface area (Å²) >= 11 is 7.54. The monoisotopic (exact) mass is 441 g/mol. The first-order valence-electron chi connectivity index (χ1n) is 9.57. The minimum absolute atomic E-state index is 0.111. The van der Waals surface area contributed by atoms with Gasteiger partial charge in [-0.2, -0.15) is 0 Å². The molecule has 5 nitrogen and oxygen atoms in total. The summed E-state index contributed by atoms with van der Waals surface area (Å²) in [5.74, 6) is -1.29. The Labute approximate surface area is 184 Å². The number of hydrogen-bond donors (Lipinski definition) is 0. The molecule has 2 atom stereocenters. The Morgan fingerprint density at radius 2 is 1.67 bits per heavy atom. The highest BCUT2D eigenvalue weighted by Crippen LogP contribution is 2.45. The van der Waals surface area contributed by atoms with Crippen LogP contribution in [0.5, 0.6) is 0 Å². The van der Waals surface area contributed by atoms with Crippen LogP contribution in [0.2, 0.25) is 0 Å². The molecular weight excluding hydrogens is 422 g/mol. The molecule has 0 radical (unpaired) electrons. The Hall–Kier alpha value is -2.57. The molecule has 0 spiro atoms. The molecular formula is C23H20ClNO4S. The summed E-state index contributed by atoms with van der Waals surface area (Å²) in [4.78, 5) is 39.2. The zero-order valence-electron chi connectivity index (χ0n) is 16.3. The van der Waals surface area contributed by atoms with Gasteiger partial charge in [-0.25, -0.2) is 4.79 Å². The lowest BCUT2D eigenvalue weighted by atomic mass is 9.92. The van der Waals surface area contributed by atoms with Gasteiger partial charge in [-0.15, -0.1) is 23.4 Å². The number of amides is 1. The van der Waals surface area contributed by atoms with Crippen LogP contribution in [0.25, 0.3) is 0 Å². The first-order valence-corrected chi connectivity index (χ1v) is 11.1. The van der Waals surface area contributed by atoms with E-state index in [-0.39, 0.29) is 28.6 Å². The van der Waals surface area contributed by atoms with Crippen molar-refractivity contribution in [1.29, 1.82) is 0 Å². The van der Waals surface area contributed by atoms with Crippen molar-refractivity contribution >= 4 is 41.0 Å². The molecule has 154 valence electrons. The second-order valence-corrected chi connectivity index (χ2v) is 8.56. The number of alkyl halides is 1. The van der Waals surface area contributed by atoms with Crippen LogP contribution >= 0.6 is 23.4 Å². The van der Waals surface area contributed by atoms with Crippen molar-refractivity contribution in [2.45, 2.75) is 18.4 Å². The number of carbonyl (C=O) groups is 3. The first-order chi connectivity index (χ1) is 14.5. The summed E-state index contributed by atoms with van der Waals surface area (Å²) in [7, 11) is 0. The van der Waals surface area contributed by atoms with Crippen LogP contribution < -0.4 is 0 Å². The van der Waals surface area contributed by atoms with Crippen molar-refractivity contribution < 1.29 is 19.1 Å². The fourth-order valence-corrected chi connectivity index (χ4v) is 5.57. The molecule has 1 fully saturated rings. The maximum absolute atomic E-state index is 13.3. The second kappa shape index (κ2) is 8.66. The highest BCUT2D eigenvalue weighted by molar-refractivity contribution is 8.00. The number of fused-ring (bicyclic) bond motifs is 1. The molecule has 2 unspecified atom stereocenters. The number of benzene rings is 2. The Bertz CT molecular complexity index is 969. The van der Waals surface area contributed by atoms with Gasteiger partial charge in [0.25, 0.3) is 0 Å². The van der Waals surface area contributed by atoms with Gasteiger partial charge < -0.3 is 4.74 Å². The summed E-state index contributed by atoms with van der Waals surface area (Å²) in [6.07, 6.45) is -0.628. The molecule has 2 aromatic rings. The van der Waals surface area contributed by atoms with Crippen LogP contribution in [0.1, 0.15) is 24.2 Å². The molecule has 1 saturated heterocycles. The maximum atomic E-state index is 13.3. The van der Waals surface area contributed by atoms with Gasteiger partial charge in [0.05, 0.1) is 0 Å². The molecule has 2 heterocycles. The number of ether oxygens (including phenoxy) is 1. The molecule has 0 aliphatic carbocycles. The lowest BCUT2D eigenvalue weighted by molar-refractivity contribution is -0.159. The Morgan fingerprint density at radius 3 is 2.17 bits per heavy atom. The van der Waals surface area contributed by atoms with Crippen LogP contribution in [0.15, 0.2) is 71.9 Å². The molecule has 0 saturated carbocycles. The van der Waals surface area contributed by atoms with E-state index in [4.69, 9.17) is 16.3 Å². The number of rotatable bonds is 6. The van der Waals surface area contributed by atoms with Gasteiger partial charge in [0.1, 0.15) is 22.8 Å². The predicted molar refractivity (Wildman–Crippen MR) is 116 cm³/mol. The van der Waals surface area contributed by atoms with E-state index in [1.54, 1.807) is 0 Å². The maximum Gasteiger partial charge on any atom is 0.356 e. The minimum Gasteiger partial charge on any atom is -0.448 e. The molecule has 0 aromatic heterocycles. The van der Waals surface area contributed by atoms with E-state index in [9.17, 15) is 14.4 Å². The van der Waals surface area contributed by atoms with Crippen molar-refractivity contribution in [3.05, 3.63) is 83.1 Å². The first kappa shape index (κ1) is 20.7. The third kappa shape index (κ3) is 3.66. The van der Waals surface area contributed by atoms with Crippen LogP contribution in [0, 0.1) is 5.92 Å². The van der Waals surface area contributed by atoms with Crippen LogP contribution in [0.4, 0.5) is 0 Å². The quantitative estimate of drug-likeness (QED) is 0.294. The number of carbonyl (C=O) groups excluding carboxylic acids is 3. The van der Waals surface area contributed by atoms with Gasteiger partial charge in [0.2, 0.25) is 5.91 Å². The number of Topliss-reactive ketones (excluding diaryl/α,β-unsaturated/α-hetero) is 1. The van der Waals surface area contributed by atoms with Gasteiger partial charge in [0, 0.05) is 11.6 Å². The zero-order chi connectivity index (χ0) is 21.3. The van der Waals surface area contributed by atoms with Gasteiger partial charge in [0.15, 0.2) is 6.10 Å². The van der Waals surface area contributed by atoms with Crippen LogP contribution in [0.3, 0.4) is 0 Å². The molecule has 2 aliphatic rings. The third-order valence-corrected chi connectivity index (χ3v) is 6.93. The lowest BCUT2D eigenvalue weighted by Gasteiger charge is -2.48.